The van der Waals surface area contributed by atoms with Crippen LogP contribution < -0.4 is 14.4 Å². The number of amides is 2. The van der Waals surface area contributed by atoms with E-state index in [0.717, 1.165) is 33.8 Å². The first kappa shape index (κ1) is 23.8. The molecule has 2 bridgehead atoms. The Morgan fingerprint density at radius 1 is 0.730 bits per heavy atom. The SMILES string of the molecule is COc1ccc(C(=C2[C@H]3C=C[C@H]2[C@@H]2C(=O)N(c4cc(Cl)ccc4Cl)C(=O)[C@H]23)c2ccc(OC)cc2)cc1. The maximum absolute atomic E-state index is 13.8. The van der Waals surface area contributed by atoms with Gasteiger partial charge < -0.3 is 9.47 Å². The van der Waals surface area contributed by atoms with Crippen molar-refractivity contribution in [3.05, 3.63) is 106 Å². The summed E-state index contributed by atoms with van der Waals surface area (Å²) in [6.45, 7) is 0. The van der Waals surface area contributed by atoms with Gasteiger partial charge in [0.1, 0.15) is 11.5 Å². The summed E-state index contributed by atoms with van der Waals surface area (Å²) in [5, 5.41) is 0.735. The number of carbonyl (C=O) groups is 2. The van der Waals surface area contributed by atoms with Crippen LogP contribution in [0.25, 0.3) is 5.57 Å². The number of anilines is 1. The predicted molar refractivity (Wildman–Crippen MR) is 144 cm³/mol. The Kier molecular flexibility index (Phi) is 5.85. The number of rotatable bonds is 5. The van der Waals surface area contributed by atoms with Crippen LogP contribution in [0.4, 0.5) is 5.69 Å². The molecule has 7 heteroatoms. The number of nitrogens with zero attached hydrogens (tertiary/aromatic N) is 1. The Balaban J connectivity index is 1.48. The third-order valence-corrected chi connectivity index (χ3v) is 8.17. The lowest BCUT2D eigenvalue weighted by Crippen LogP contribution is -2.33. The fourth-order valence-corrected chi connectivity index (χ4v) is 6.37. The van der Waals surface area contributed by atoms with Gasteiger partial charge in [-0.05, 0) is 64.7 Å². The van der Waals surface area contributed by atoms with E-state index in [0.29, 0.717) is 15.7 Å². The van der Waals surface area contributed by atoms with Crippen LogP contribution in [-0.4, -0.2) is 26.0 Å². The molecule has 1 aliphatic heterocycles. The number of carbonyl (C=O) groups excluding carboxylic acids is 2. The minimum Gasteiger partial charge on any atom is -0.497 e. The average molecular weight is 532 g/mol. The van der Waals surface area contributed by atoms with Crippen LogP contribution in [0.5, 0.6) is 11.5 Å². The molecule has 4 atom stereocenters. The third-order valence-electron chi connectivity index (χ3n) is 7.61. The van der Waals surface area contributed by atoms with Gasteiger partial charge in [-0.25, -0.2) is 4.90 Å². The molecule has 0 aromatic heterocycles. The van der Waals surface area contributed by atoms with E-state index < -0.39 is 11.8 Å². The Morgan fingerprint density at radius 3 is 1.68 bits per heavy atom. The number of allylic oxidation sites excluding steroid dienone is 3. The number of imide groups is 1. The van der Waals surface area contributed by atoms with Crippen molar-refractivity contribution in [2.75, 3.05) is 19.1 Å². The molecule has 0 N–H and O–H groups in total. The van der Waals surface area contributed by atoms with Gasteiger partial charge in [0.25, 0.3) is 0 Å². The highest BCUT2D eigenvalue weighted by molar-refractivity contribution is 6.38. The largest absolute Gasteiger partial charge is 0.497 e. The molecule has 1 heterocycles. The minimum atomic E-state index is -0.487. The van der Waals surface area contributed by atoms with E-state index >= 15 is 0 Å². The molecule has 2 aliphatic carbocycles. The van der Waals surface area contributed by atoms with Crippen molar-refractivity contribution in [3.8, 4) is 11.5 Å². The van der Waals surface area contributed by atoms with E-state index in [1.807, 2.05) is 48.5 Å². The lowest BCUT2D eigenvalue weighted by atomic mass is 9.85. The number of benzene rings is 3. The summed E-state index contributed by atoms with van der Waals surface area (Å²) < 4.78 is 10.7. The number of hydrogen-bond donors (Lipinski definition) is 0. The molecule has 2 amide bonds. The molecule has 3 aromatic carbocycles. The highest BCUT2D eigenvalue weighted by Crippen LogP contribution is 2.59. The van der Waals surface area contributed by atoms with Crippen LogP contribution in [0.1, 0.15) is 11.1 Å². The Morgan fingerprint density at radius 2 is 1.22 bits per heavy atom. The van der Waals surface area contributed by atoms with E-state index in [1.54, 1.807) is 32.4 Å². The summed E-state index contributed by atoms with van der Waals surface area (Å²) in [5.41, 5.74) is 4.44. The second-order valence-corrected chi connectivity index (χ2v) is 10.2. The second kappa shape index (κ2) is 9.09. The molecular weight excluding hydrogens is 509 g/mol. The molecule has 0 radical (unpaired) electrons. The number of methoxy groups -OCH3 is 2. The molecular formula is C30H23Cl2NO4. The summed E-state index contributed by atoms with van der Waals surface area (Å²) >= 11 is 12.6. The Labute approximate surface area is 224 Å². The van der Waals surface area contributed by atoms with E-state index in [4.69, 9.17) is 32.7 Å². The van der Waals surface area contributed by atoms with Crippen LogP contribution in [0.3, 0.4) is 0 Å². The molecule has 2 fully saturated rings. The predicted octanol–water partition coefficient (Wildman–Crippen LogP) is 6.43. The average Bonchev–Trinajstić information content (AvgIpc) is 3.55. The van der Waals surface area contributed by atoms with Crippen molar-refractivity contribution in [1.29, 1.82) is 0 Å². The van der Waals surface area contributed by atoms with Gasteiger partial charge in [-0.2, -0.15) is 0 Å². The molecule has 1 saturated heterocycles. The van der Waals surface area contributed by atoms with Gasteiger partial charge in [-0.3, -0.25) is 9.59 Å². The molecule has 6 rings (SSSR count). The zero-order valence-electron chi connectivity index (χ0n) is 20.2. The van der Waals surface area contributed by atoms with Gasteiger partial charge in [0.2, 0.25) is 11.8 Å². The van der Waals surface area contributed by atoms with Gasteiger partial charge in [0, 0.05) is 16.9 Å². The van der Waals surface area contributed by atoms with Gasteiger partial charge >= 0.3 is 0 Å². The molecule has 1 saturated carbocycles. The van der Waals surface area contributed by atoms with Crippen molar-refractivity contribution in [2.24, 2.45) is 23.7 Å². The summed E-state index contributed by atoms with van der Waals surface area (Å²) in [4.78, 5) is 28.8. The zero-order valence-corrected chi connectivity index (χ0v) is 21.7. The van der Waals surface area contributed by atoms with Gasteiger partial charge in [0.15, 0.2) is 0 Å². The van der Waals surface area contributed by atoms with Crippen LogP contribution in [0.2, 0.25) is 10.0 Å². The van der Waals surface area contributed by atoms with Crippen molar-refractivity contribution >= 4 is 46.3 Å². The molecule has 3 aliphatic rings. The van der Waals surface area contributed by atoms with Crippen LogP contribution in [0.15, 0.2) is 84.5 Å². The van der Waals surface area contributed by atoms with E-state index in [9.17, 15) is 9.59 Å². The van der Waals surface area contributed by atoms with E-state index in [-0.39, 0.29) is 23.7 Å². The van der Waals surface area contributed by atoms with Crippen molar-refractivity contribution < 1.29 is 19.1 Å². The van der Waals surface area contributed by atoms with E-state index in [2.05, 4.69) is 12.2 Å². The fraction of sp³-hybridized carbons (Fsp3) is 0.200. The molecule has 186 valence electrons. The fourth-order valence-electron chi connectivity index (χ4n) is 6.01. The molecule has 0 unspecified atom stereocenters. The molecule has 3 aromatic rings. The zero-order chi connectivity index (χ0) is 25.8. The van der Waals surface area contributed by atoms with Crippen molar-refractivity contribution in [2.45, 2.75) is 0 Å². The third kappa shape index (κ3) is 3.68. The maximum Gasteiger partial charge on any atom is 0.238 e. The van der Waals surface area contributed by atoms with Crippen molar-refractivity contribution in [1.82, 2.24) is 0 Å². The number of halogens is 2. The second-order valence-electron chi connectivity index (χ2n) is 9.38. The Hall–Kier alpha value is -3.54. The molecule has 37 heavy (non-hydrogen) atoms. The lowest BCUT2D eigenvalue weighted by Gasteiger charge is -2.22. The lowest BCUT2D eigenvalue weighted by molar-refractivity contribution is -0.122. The normalized spacial score (nSPS) is 23.6. The summed E-state index contributed by atoms with van der Waals surface area (Å²) in [5.74, 6) is -0.340. The van der Waals surface area contributed by atoms with Crippen LogP contribution >= 0.6 is 23.2 Å². The first-order valence-corrected chi connectivity index (χ1v) is 12.7. The summed E-state index contributed by atoms with van der Waals surface area (Å²) in [6, 6.07) is 20.6. The highest BCUT2D eigenvalue weighted by Gasteiger charge is 2.62. The number of fused-ring (bicyclic) bond motifs is 5. The standard InChI is InChI=1S/C30H23Cl2NO4/c1-36-19-8-3-16(4-9-19)25(17-5-10-20(37-2)11-6-17)26-21-12-13-22(26)28-27(21)29(34)33(30(28)35)24-15-18(31)7-14-23(24)32/h3-15,21-22,27-28H,1-2H3/t21-,22-,27+,28+/m1/s1. The van der Waals surface area contributed by atoms with E-state index in [1.165, 1.54) is 4.90 Å². The molecule has 5 nitrogen and oxygen atoms in total. The Bertz CT molecular complexity index is 1390. The van der Waals surface area contributed by atoms with Crippen LogP contribution in [0, 0.1) is 23.7 Å². The smallest absolute Gasteiger partial charge is 0.238 e. The number of ether oxygens (including phenoxy) is 2. The van der Waals surface area contributed by atoms with Crippen molar-refractivity contribution in [3.63, 3.8) is 0 Å². The first-order chi connectivity index (χ1) is 17.9. The maximum atomic E-state index is 13.8. The van der Waals surface area contributed by atoms with Crippen LogP contribution in [-0.2, 0) is 9.59 Å². The highest BCUT2D eigenvalue weighted by atomic mass is 35.5. The topological polar surface area (TPSA) is 55.8 Å². The summed E-state index contributed by atoms with van der Waals surface area (Å²) in [6.07, 6.45) is 4.14. The molecule has 0 spiro atoms. The van der Waals surface area contributed by atoms with Gasteiger partial charge in [0.05, 0.1) is 36.8 Å². The van der Waals surface area contributed by atoms with Gasteiger partial charge in [-0.1, -0.05) is 59.6 Å². The quantitative estimate of drug-likeness (QED) is 0.281. The van der Waals surface area contributed by atoms with Gasteiger partial charge in [-0.15, -0.1) is 0 Å². The monoisotopic (exact) mass is 531 g/mol. The summed E-state index contributed by atoms with van der Waals surface area (Å²) in [7, 11) is 3.27. The first-order valence-electron chi connectivity index (χ1n) is 12.0. The number of hydrogen-bond acceptors (Lipinski definition) is 4. The minimum absolute atomic E-state index is 0.200.